The van der Waals surface area contributed by atoms with Crippen LogP contribution in [0.2, 0.25) is 5.02 Å². The maximum absolute atomic E-state index is 11.9. The number of nitrogens with zero attached hydrogens (tertiary/aromatic N) is 1. The summed E-state index contributed by atoms with van der Waals surface area (Å²) in [5.74, 6) is 0. The van der Waals surface area contributed by atoms with Crippen LogP contribution in [0.5, 0.6) is 0 Å². The van der Waals surface area contributed by atoms with Crippen LogP contribution in [0.1, 0.15) is 25.1 Å². The first-order valence-electron chi connectivity index (χ1n) is 6.02. The zero-order valence-corrected chi connectivity index (χ0v) is 11.9. The molecule has 0 bridgehead atoms. The molecule has 0 aliphatic rings. The van der Waals surface area contributed by atoms with Gasteiger partial charge >= 0.3 is 0 Å². The first-order valence-corrected chi connectivity index (χ1v) is 6.39. The highest BCUT2D eigenvalue weighted by Crippen LogP contribution is 2.23. The molecule has 1 aromatic carbocycles. The molecule has 2 rings (SSSR count). The van der Waals surface area contributed by atoms with Crippen LogP contribution in [-0.4, -0.2) is 9.67 Å². The van der Waals surface area contributed by atoms with Crippen LogP contribution in [0.3, 0.4) is 0 Å². The summed E-state index contributed by atoms with van der Waals surface area (Å²) < 4.78 is 1.82. The van der Waals surface area contributed by atoms with E-state index in [2.05, 4.69) is 0 Å². The van der Waals surface area contributed by atoms with E-state index in [9.17, 15) is 9.90 Å². The number of aliphatic hydroxyl groups is 1. The molecule has 1 heterocycles. The van der Waals surface area contributed by atoms with Crippen molar-refractivity contribution in [3.05, 3.63) is 63.0 Å². The van der Waals surface area contributed by atoms with Crippen LogP contribution in [0.4, 0.5) is 0 Å². The number of para-hydroxylation sites is 1. The fraction of sp³-hybridized carbons (Fsp3) is 0.267. The maximum atomic E-state index is 11.9. The fourth-order valence-corrected chi connectivity index (χ4v) is 2.22. The maximum Gasteiger partial charge on any atom is 0.187 e. The predicted octanol–water partition coefficient (Wildman–Crippen LogP) is 3.03. The van der Waals surface area contributed by atoms with Gasteiger partial charge in [-0.3, -0.25) is 4.79 Å². The average molecular weight is 278 g/mol. The monoisotopic (exact) mass is 277 g/mol. The molecule has 0 fully saturated rings. The van der Waals surface area contributed by atoms with E-state index < -0.39 is 5.60 Å². The Bertz CT molecular complexity index is 669. The lowest BCUT2D eigenvalue weighted by molar-refractivity contribution is 0.0769. The highest BCUT2D eigenvalue weighted by Gasteiger charge is 2.21. The minimum Gasteiger partial charge on any atom is -0.386 e. The number of rotatable bonds is 2. The molecule has 0 aliphatic heterocycles. The number of aromatic nitrogens is 1. The molecule has 1 N–H and O–H groups in total. The summed E-state index contributed by atoms with van der Waals surface area (Å²) in [6.07, 6.45) is 1.65. The van der Waals surface area contributed by atoms with Crippen LogP contribution in [0.15, 0.2) is 41.3 Å². The molecule has 0 spiro atoms. The Hall–Kier alpha value is -1.58. The largest absolute Gasteiger partial charge is 0.386 e. The normalized spacial score (nSPS) is 11.6. The molecule has 0 unspecified atom stereocenters. The lowest BCUT2D eigenvalue weighted by Crippen LogP contribution is -2.27. The molecule has 3 nitrogen and oxygen atoms in total. The molecule has 2 aromatic rings. The predicted molar refractivity (Wildman–Crippen MR) is 77.0 cm³/mol. The quantitative estimate of drug-likeness (QED) is 0.917. The van der Waals surface area contributed by atoms with E-state index in [4.69, 9.17) is 11.6 Å². The number of hydrogen-bond donors (Lipinski definition) is 1. The first-order chi connectivity index (χ1) is 8.80. The van der Waals surface area contributed by atoms with Crippen molar-refractivity contribution in [3.8, 4) is 5.69 Å². The Morgan fingerprint density at radius 1 is 1.26 bits per heavy atom. The van der Waals surface area contributed by atoms with E-state index in [-0.39, 0.29) is 5.43 Å². The Kier molecular flexibility index (Phi) is 3.52. The second-order valence-electron chi connectivity index (χ2n) is 5.07. The summed E-state index contributed by atoms with van der Waals surface area (Å²) in [5.41, 5.74) is 0.540. The van der Waals surface area contributed by atoms with Gasteiger partial charge in [-0.15, -0.1) is 0 Å². The number of aryl methyl sites for hydroxylation is 1. The second kappa shape index (κ2) is 4.83. The smallest absolute Gasteiger partial charge is 0.187 e. The van der Waals surface area contributed by atoms with Crippen molar-refractivity contribution < 1.29 is 5.11 Å². The van der Waals surface area contributed by atoms with E-state index in [1.165, 1.54) is 6.07 Å². The summed E-state index contributed by atoms with van der Waals surface area (Å²) in [6.45, 7) is 5.02. The molecule has 100 valence electrons. The molecular weight excluding hydrogens is 262 g/mol. The highest BCUT2D eigenvalue weighted by molar-refractivity contribution is 6.32. The minimum atomic E-state index is -1.19. The van der Waals surface area contributed by atoms with Crippen molar-refractivity contribution >= 4 is 11.6 Å². The summed E-state index contributed by atoms with van der Waals surface area (Å²) in [7, 11) is 0. The number of hydrogen-bond acceptors (Lipinski definition) is 2. The van der Waals surface area contributed by atoms with Gasteiger partial charge in [0, 0.05) is 23.5 Å². The summed E-state index contributed by atoms with van der Waals surface area (Å²) in [6, 6.07) is 8.89. The standard InChI is InChI=1S/C15H16ClNO2/c1-10-8-14(18)11(15(2,3)19)9-17(10)13-7-5-4-6-12(13)16/h4-9,19H,1-3H3. The van der Waals surface area contributed by atoms with E-state index in [1.54, 1.807) is 26.1 Å². The van der Waals surface area contributed by atoms with Crippen LogP contribution in [0.25, 0.3) is 5.69 Å². The highest BCUT2D eigenvalue weighted by atomic mass is 35.5. The van der Waals surface area contributed by atoms with Crippen LogP contribution < -0.4 is 5.43 Å². The molecule has 19 heavy (non-hydrogen) atoms. The van der Waals surface area contributed by atoms with E-state index in [0.29, 0.717) is 10.6 Å². The summed E-state index contributed by atoms with van der Waals surface area (Å²) in [4.78, 5) is 11.9. The van der Waals surface area contributed by atoms with E-state index in [0.717, 1.165) is 11.4 Å². The molecule has 0 saturated carbocycles. The zero-order chi connectivity index (χ0) is 14.2. The Balaban J connectivity index is 2.72. The number of benzene rings is 1. The van der Waals surface area contributed by atoms with Gasteiger partial charge in [-0.05, 0) is 32.9 Å². The Morgan fingerprint density at radius 2 is 1.89 bits per heavy atom. The third-order valence-electron chi connectivity index (χ3n) is 3.01. The van der Waals surface area contributed by atoms with Gasteiger partial charge in [0.15, 0.2) is 5.43 Å². The van der Waals surface area contributed by atoms with Gasteiger partial charge in [-0.1, -0.05) is 23.7 Å². The fourth-order valence-electron chi connectivity index (χ4n) is 2.00. The Labute approximate surface area is 117 Å². The molecular formula is C15H16ClNO2. The van der Waals surface area contributed by atoms with Gasteiger partial charge in [-0.2, -0.15) is 0 Å². The molecule has 0 radical (unpaired) electrons. The molecule has 0 saturated heterocycles. The van der Waals surface area contributed by atoms with E-state index >= 15 is 0 Å². The van der Waals surface area contributed by atoms with Crippen molar-refractivity contribution in [2.24, 2.45) is 0 Å². The number of pyridine rings is 1. The summed E-state index contributed by atoms with van der Waals surface area (Å²) in [5, 5.41) is 10.6. The van der Waals surface area contributed by atoms with Gasteiger partial charge in [0.2, 0.25) is 0 Å². The van der Waals surface area contributed by atoms with Gasteiger partial charge in [0.05, 0.1) is 16.3 Å². The molecule has 0 aliphatic carbocycles. The summed E-state index contributed by atoms with van der Waals surface area (Å²) >= 11 is 6.18. The lowest BCUT2D eigenvalue weighted by atomic mass is 9.99. The van der Waals surface area contributed by atoms with Crippen LogP contribution in [-0.2, 0) is 5.60 Å². The van der Waals surface area contributed by atoms with Gasteiger partial charge in [-0.25, -0.2) is 0 Å². The molecule has 0 amide bonds. The van der Waals surface area contributed by atoms with E-state index in [1.807, 2.05) is 29.7 Å². The van der Waals surface area contributed by atoms with Crippen LogP contribution in [0, 0.1) is 6.92 Å². The van der Waals surface area contributed by atoms with Crippen LogP contribution >= 0.6 is 11.6 Å². The average Bonchev–Trinajstić information content (AvgIpc) is 2.29. The van der Waals surface area contributed by atoms with Crippen molar-refractivity contribution in [3.63, 3.8) is 0 Å². The third-order valence-corrected chi connectivity index (χ3v) is 3.33. The molecule has 4 heteroatoms. The van der Waals surface area contributed by atoms with Crippen molar-refractivity contribution in [1.82, 2.24) is 4.57 Å². The number of halogens is 1. The minimum absolute atomic E-state index is 0.173. The van der Waals surface area contributed by atoms with Crippen molar-refractivity contribution in [2.45, 2.75) is 26.4 Å². The van der Waals surface area contributed by atoms with Crippen molar-refractivity contribution in [2.75, 3.05) is 0 Å². The molecule has 1 aromatic heterocycles. The second-order valence-corrected chi connectivity index (χ2v) is 5.48. The lowest BCUT2D eigenvalue weighted by Gasteiger charge is -2.20. The first kappa shape index (κ1) is 13.8. The SMILES string of the molecule is Cc1cc(=O)c(C(C)(C)O)cn1-c1ccccc1Cl. The zero-order valence-electron chi connectivity index (χ0n) is 11.1. The van der Waals surface area contributed by atoms with Gasteiger partial charge in [0.25, 0.3) is 0 Å². The Morgan fingerprint density at radius 3 is 2.47 bits per heavy atom. The topological polar surface area (TPSA) is 42.2 Å². The molecule has 0 atom stereocenters. The van der Waals surface area contributed by atoms with Gasteiger partial charge in [0.1, 0.15) is 0 Å². The third kappa shape index (κ3) is 2.72. The van der Waals surface area contributed by atoms with Crippen molar-refractivity contribution in [1.29, 1.82) is 0 Å². The van der Waals surface area contributed by atoms with Gasteiger partial charge < -0.3 is 9.67 Å².